The summed E-state index contributed by atoms with van der Waals surface area (Å²) in [6.45, 7) is 4.91. The standard InChI is InChI=1S/C27H30F3N5OS/c1-18-6-3-7-19(2)24(18)33-26(37)31-15-5-9-20-8-4-10-21(16-20)25-32-17-35(34-25)22-11-13-23(14-12-22)36-27(28,29)30/h3,6-7,11-14,16-17,20H,4-5,8-10,15H2,1-2H3,(H2,31,33,37). The van der Waals surface area contributed by atoms with Crippen molar-refractivity contribution in [2.45, 2.75) is 52.3 Å². The van der Waals surface area contributed by atoms with Crippen molar-refractivity contribution in [3.05, 3.63) is 71.8 Å². The number of rotatable bonds is 8. The number of nitrogens with one attached hydrogen (secondary N) is 2. The van der Waals surface area contributed by atoms with E-state index in [2.05, 4.69) is 57.5 Å². The summed E-state index contributed by atoms with van der Waals surface area (Å²) in [7, 11) is 0. The van der Waals surface area contributed by atoms with Gasteiger partial charge in [0, 0.05) is 12.2 Å². The fourth-order valence-electron chi connectivity index (χ4n) is 4.49. The van der Waals surface area contributed by atoms with E-state index in [1.165, 1.54) is 24.3 Å². The summed E-state index contributed by atoms with van der Waals surface area (Å²) in [6, 6.07) is 11.7. The second-order valence-electron chi connectivity index (χ2n) is 9.19. The molecule has 0 fully saturated rings. The van der Waals surface area contributed by atoms with Gasteiger partial charge in [-0.15, -0.1) is 18.3 Å². The van der Waals surface area contributed by atoms with Gasteiger partial charge in [0.15, 0.2) is 10.9 Å². The SMILES string of the molecule is Cc1cccc(C)c1NC(=S)NCCCC1C=C(c2ncn(-c3ccc(OC(F)(F)F)cc3)n2)CCC1. The summed E-state index contributed by atoms with van der Waals surface area (Å²) in [5, 5.41) is 11.8. The summed E-state index contributed by atoms with van der Waals surface area (Å²) in [5.74, 6) is 0.819. The zero-order chi connectivity index (χ0) is 26.4. The quantitative estimate of drug-likeness (QED) is 0.249. The van der Waals surface area contributed by atoms with Crippen molar-refractivity contribution in [3.8, 4) is 11.4 Å². The molecule has 1 unspecified atom stereocenters. The van der Waals surface area contributed by atoms with Crippen LogP contribution in [0.15, 0.2) is 54.9 Å². The third-order valence-electron chi connectivity index (χ3n) is 6.33. The zero-order valence-electron chi connectivity index (χ0n) is 20.8. The Balaban J connectivity index is 1.28. The van der Waals surface area contributed by atoms with Crippen LogP contribution in [0.2, 0.25) is 0 Å². The van der Waals surface area contributed by atoms with Gasteiger partial charge in [-0.25, -0.2) is 9.67 Å². The molecule has 37 heavy (non-hydrogen) atoms. The van der Waals surface area contributed by atoms with Crippen LogP contribution < -0.4 is 15.4 Å². The molecule has 0 amide bonds. The Morgan fingerprint density at radius 1 is 1.14 bits per heavy atom. The molecular formula is C27H30F3N5OS. The zero-order valence-corrected chi connectivity index (χ0v) is 21.6. The number of anilines is 1. The van der Waals surface area contributed by atoms with E-state index in [4.69, 9.17) is 12.2 Å². The van der Waals surface area contributed by atoms with Crippen LogP contribution in [0.3, 0.4) is 0 Å². The monoisotopic (exact) mass is 529 g/mol. The maximum Gasteiger partial charge on any atom is 0.573 e. The number of halogens is 3. The molecule has 0 spiro atoms. The van der Waals surface area contributed by atoms with E-state index in [1.54, 1.807) is 11.0 Å². The molecule has 1 aliphatic rings. The van der Waals surface area contributed by atoms with Crippen molar-refractivity contribution in [2.75, 3.05) is 11.9 Å². The average Bonchev–Trinajstić information content (AvgIpc) is 3.34. The first-order valence-electron chi connectivity index (χ1n) is 12.3. The molecule has 10 heteroatoms. The number of thiocarbonyl (C=S) groups is 1. The van der Waals surface area contributed by atoms with Gasteiger partial charge in [-0.3, -0.25) is 0 Å². The summed E-state index contributed by atoms with van der Waals surface area (Å²) in [4.78, 5) is 4.44. The number of allylic oxidation sites excluding steroid dienone is 2. The molecule has 0 radical (unpaired) electrons. The van der Waals surface area contributed by atoms with Crippen LogP contribution in [0.4, 0.5) is 18.9 Å². The first kappa shape index (κ1) is 26.7. The Bertz CT molecular complexity index is 1230. The summed E-state index contributed by atoms with van der Waals surface area (Å²) in [5.41, 5.74) is 5.09. The van der Waals surface area contributed by atoms with E-state index in [0.29, 0.717) is 22.5 Å². The normalized spacial score (nSPS) is 15.7. The number of ether oxygens (including phenoxy) is 1. The number of aryl methyl sites for hydroxylation is 2. The summed E-state index contributed by atoms with van der Waals surface area (Å²) >= 11 is 5.47. The van der Waals surface area contributed by atoms with Crippen molar-refractivity contribution in [1.82, 2.24) is 20.1 Å². The molecule has 4 rings (SSSR count). The Morgan fingerprint density at radius 2 is 1.86 bits per heavy atom. The number of para-hydroxylation sites is 1. The highest BCUT2D eigenvalue weighted by atomic mass is 32.1. The van der Waals surface area contributed by atoms with Crippen molar-refractivity contribution in [1.29, 1.82) is 0 Å². The first-order chi connectivity index (χ1) is 17.7. The van der Waals surface area contributed by atoms with Crippen LogP contribution in [0.25, 0.3) is 11.3 Å². The minimum atomic E-state index is -4.72. The fraction of sp³-hybridized carbons (Fsp3) is 0.370. The van der Waals surface area contributed by atoms with Crippen molar-refractivity contribution < 1.29 is 17.9 Å². The molecule has 1 atom stereocenters. The average molecular weight is 530 g/mol. The molecule has 1 aliphatic carbocycles. The number of hydrogen-bond acceptors (Lipinski definition) is 4. The smallest absolute Gasteiger partial charge is 0.406 e. The molecule has 6 nitrogen and oxygen atoms in total. The predicted octanol–water partition coefficient (Wildman–Crippen LogP) is 6.73. The second kappa shape index (κ2) is 11.8. The summed E-state index contributed by atoms with van der Waals surface area (Å²) in [6.07, 6.45) is 4.22. The van der Waals surface area contributed by atoms with E-state index in [-0.39, 0.29) is 5.75 Å². The van der Waals surface area contributed by atoms with E-state index in [1.807, 2.05) is 6.07 Å². The topological polar surface area (TPSA) is 64.0 Å². The van der Waals surface area contributed by atoms with E-state index in [9.17, 15) is 13.2 Å². The van der Waals surface area contributed by atoms with Crippen LogP contribution in [0.5, 0.6) is 5.75 Å². The number of nitrogens with zero attached hydrogens (tertiary/aromatic N) is 3. The molecule has 3 aromatic rings. The lowest BCUT2D eigenvalue weighted by molar-refractivity contribution is -0.274. The van der Waals surface area contributed by atoms with E-state index < -0.39 is 6.36 Å². The molecule has 196 valence electrons. The molecule has 0 aliphatic heterocycles. The third kappa shape index (κ3) is 7.55. The molecule has 2 N–H and O–H groups in total. The molecular weight excluding hydrogens is 499 g/mol. The maximum absolute atomic E-state index is 12.4. The Morgan fingerprint density at radius 3 is 2.57 bits per heavy atom. The van der Waals surface area contributed by atoms with Gasteiger partial charge in [-0.05, 0) is 105 Å². The Hall–Kier alpha value is -3.40. The van der Waals surface area contributed by atoms with Crippen LogP contribution in [0, 0.1) is 19.8 Å². The van der Waals surface area contributed by atoms with Gasteiger partial charge in [0.2, 0.25) is 0 Å². The molecule has 0 saturated carbocycles. The van der Waals surface area contributed by atoms with Crippen LogP contribution >= 0.6 is 12.2 Å². The number of hydrogen-bond donors (Lipinski definition) is 2. The molecule has 1 aromatic heterocycles. The lowest BCUT2D eigenvalue weighted by atomic mass is 9.87. The van der Waals surface area contributed by atoms with Crippen LogP contribution in [0.1, 0.15) is 49.1 Å². The largest absolute Gasteiger partial charge is 0.573 e. The second-order valence-corrected chi connectivity index (χ2v) is 9.60. The van der Waals surface area contributed by atoms with E-state index in [0.717, 1.165) is 61.0 Å². The molecule has 0 bridgehead atoms. The number of alkyl halides is 3. The lowest BCUT2D eigenvalue weighted by Crippen LogP contribution is -2.30. The number of benzene rings is 2. The van der Waals surface area contributed by atoms with Crippen LogP contribution in [-0.4, -0.2) is 32.8 Å². The maximum atomic E-state index is 12.4. The van der Waals surface area contributed by atoms with Crippen LogP contribution in [-0.2, 0) is 0 Å². The Kier molecular flexibility index (Phi) is 8.48. The van der Waals surface area contributed by atoms with Gasteiger partial charge in [-0.2, -0.15) is 0 Å². The Labute approximate surface area is 219 Å². The highest BCUT2D eigenvalue weighted by Crippen LogP contribution is 2.31. The highest BCUT2D eigenvalue weighted by Gasteiger charge is 2.31. The van der Waals surface area contributed by atoms with E-state index >= 15 is 0 Å². The molecule has 0 saturated heterocycles. The first-order valence-corrected chi connectivity index (χ1v) is 12.7. The third-order valence-corrected chi connectivity index (χ3v) is 6.58. The van der Waals surface area contributed by atoms with Crippen molar-refractivity contribution in [2.24, 2.45) is 5.92 Å². The summed E-state index contributed by atoms with van der Waals surface area (Å²) < 4.78 is 42.6. The number of aromatic nitrogens is 3. The lowest BCUT2D eigenvalue weighted by Gasteiger charge is -2.20. The van der Waals surface area contributed by atoms with Gasteiger partial charge in [-0.1, -0.05) is 24.3 Å². The molecule has 1 heterocycles. The van der Waals surface area contributed by atoms with Gasteiger partial charge in [0.05, 0.1) is 5.69 Å². The predicted molar refractivity (Wildman–Crippen MR) is 143 cm³/mol. The van der Waals surface area contributed by atoms with Gasteiger partial charge in [0.1, 0.15) is 12.1 Å². The van der Waals surface area contributed by atoms with Crippen molar-refractivity contribution >= 4 is 28.6 Å². The van der Waals surface area contributed by atoms with Gasteiger partial charge >= 0.3 is 6.36 Å². The van der Waals surface area contributed by atoms with Gasteiger partial charge < -0.3 is 15.4 Å². The minimum Gasteiger partial charge on any atom is -0.406 e. The fourth-order valence-corrected chi connectivity index (χ4v) is 4.69. The molecule has 2 aromatic carbocycles. The highest BCUT2D eigenvalue weighted by molar-refractivity contribution is 7.80. The van der Waals surface area contributed by atoms with Crippen molar-refractivity contribution in [3.63, 3.8) is 0 Å². The van der Waals surface area contributed by atoms with Gasteiger partial charge in [0.25, 0.3) is 0 Å². The minimum absolute atomic E-state index is 0.272.